The Morgan fingerprint density at radius 1 is 0.968 bits per heavy atom. The van der Waals surface area contributed by atoms with Crippen LogP contribution in [0.4, 0.5) is 5.69 Å². The quantitative estimate of drug-likeness (QED) is 0.398. The number of ether oxygens (including phenoxy) is 1. The molecule has 0 heterocycles. The number of amides is 1. The minimum atomic E-state index is -0.444. The van der Waals surface area contributed by atoms with Crippen LogP contribution in [0.15, 0.2) is 66.2 Å². The molecule has 1 amide bonds. The van der Waals surface area contributed by atoms with Crippen LogP contribution in [0, 0.1) is 39.0 Å². The number of nitriles is 1. The predicted octanol–water partition coefficient (Wildman–Crippen LogP) is 6.04. The van der Waals surface area contributed by atoms with Gasteiger partial charge in [-0.05, 0) is 73.7 Å². The van der Waals surface area contributed by atoms with Crippen LogP contribution in [-0.4, -0.2) is 5.91 Å². The number of rotatable bonds is 6. The largest absolute Gasteiger partial charge is 0.488 e. The van der Waals surface area contributed by atoms with Gasteiger partial charge in [0.15, 0.2) is 0 Å². The highest BCUT2D eigenvalue weighted by molar-refractivity contribution is 6.10. The third-order valence-corrected chi connectivity index (χ3v) is 5.19. The highest BCUT2D eigenvalue weighted by Gasteiger charge is 2.13. The summed E-state index contributed by atoms with van der Waals surface area (Å²) in [6, 6.07) is 21.4. The lowest BCUT2D eigenvalue weighted by Crippen LogP contribution is -2.14. The van der Waals surface area contributed by atoms with Gasteiger partial charge in [0.25, 0.3) is 5.91 Å². The minimum absolute atomic E-state index is 0.0168. The number of nitrogens with zero attached hydrogens (tertiary/aromatic N) is 1. The molecule has 3 rings (SSSR count). The highest BCUT2D eigenvalue weighted by Crippen LogP contribution is 2.24. The molecule has 3 aromatic rings. The van der Waals surface area contributed by atoms with Crippen molar-refractivity contribution in [2.24, 2.45) is 0 Å². The van der Waals surface area contributed by atoms with Crippen molar-refractivity contribution >= 4 is 17.7 Å². The molecule has 0 aliphatic heterocycles. The van der Waals surface area contributed by atoms with Crippen LogP contribution in [0.25, 0.3) is 6.08 Å². The summed E-state index contributed by atoms with van der Waals surface area (Å²) in [5.41, 5.74) is 6.88. The molecule has 0 bridgehead atoms. The summed E-state index contributed by atoms with van der Waals surface area (Å²) in [6.45, 7) is 8.43. The van der Waals surface area contributed by atoms with E-state index in [4.69, 9.17) is 4.74 Å². The van der Waals surface area contributed by atoms with Gasteiger partial charge in [-0.25, -0.2) is 0 Å². The van der Waals surface area contributed by atoms with Gasteiger partial charge in [-0.15, -0.1) is 0 Å². The number of hydrogen-bond donors (Lipinski definition) is 1. The van der Waals surface area contributed by atoms with Crippen molar-refractivity contribution in [1.29, 1.82) is 5.26 Å². The zero-order valence-corrected chi connectivity index (χ0v) is 18.3. The highest BCUT2D eigenvalue weighted by atomic mass is 16.5. The Morgan fingerprint density at radius 2 is 1.71 bits per heavy atom. The molecule has 4 heteroatoms. The second kappa shape index (κ2) is 9.77. The fourth-order valence-electron chi connectivity index (χ4n) is 3.15. The van der Waals surface area contributed by atoms with Gasteiger partial charge >= 0.3 is 0 Å². The van der Waals surface area contributed by atoms with Gasteiger partial charge in [-0.2, -0.15) is 5.26 Å². The van der Waals surface area contributed by atoms with Crippen molar-refractivity contribution in [2.75, 3.05) is 5.32 Å². The van der Waals surface area contributed by atoms with Gasteiger partial charge < -0.3 is 10.1 Å². The lowest BCUT2D eigenvalue weighted by molar-refractivity contribution is -0.112. The average molecular weight is 411 g/mol. The summed E-state index contributed by atoms with van der Waals surface area (Å²) in [5, 5.41) is 12.4. The topological polar surface area (TPSA) is 62.1 Å². The molecule has 0 unspecified atom stereocenters. The third kappa shape index (κ3) is 5.61. The summed E-state index contributed by atoms with van der Waals surface area (Å²) >= 11 is 0. The lowest BCUT2D eigenvalue weighted by Gasteiger charge is -2.11. The minimum Gasteiger partial charge on any atom is -0.488 e. The number of benzene rings is 3. The van der Waals surface area contributed by atoms with Crippen LogP contribution < -0.4 is 10.1 Å². The van der Waals surface area contributed by atoms with Crippen LogP contribution in [0.1, 0.15) is 33.4 Å². The molecule has 0 spiro atoms. The first kappa shape index (κ1) is 21.9. The normalized spacial score (nSPS) is 11.0. The molecule has 0 aromatic heterocycles. The Bertz CT molecular complexity index is 1190. The number of para-hydroxylation sites is 1. The molecule has 0 aliphatic rings. The van der Waals surface area contributed by atoms with Crippen molar-refractivity contribution in [3.8, 4) is 11.8 Å². The van der Waals surface area contributed by atoms with E-state index in [1.165, 1.54) is 11.1 Å². The fourth-order valence-corrected chi connectivity index (χ4v) is 3.15. The van der Waals surface area contributed by atoms with E-state index < -0.39 is 5.91 Å². The standard InChI is InChI=1S/C27H26N2O2/c1-18-9-10-20(3)25(13-18)29-27(30)24(16-28)15-23-7-5-6-8-26(23)31-17-22-12-11-19(2)21(4)14-22/h5-15H,17H2,1-4H3,(H,29,30)/b24-15+. The van der Waals surface area contributed by atoms with Crippen LogP contribution in [0.3, 0.4) is 0 Å². The molecule has 0 saturated heterocycles. The van der Waals surface area contributed by atoms with Crippen LogP contribution in [0.5, 0.6) is 5.75 Å². The van der Waals surface area contributed by atoms with Gasteiger partial charge in [-0.3, -0.25) is 4.79 Å². The molecule has 31 heavy (non-hydrogen) atoms. The predicted molar refractivity (Wildman–Crippen MR) is 125 cm³/mol. The van der Waals surface area contributed by atoms with Gasteiger partial charge in [0.1, 0.15) is 24.0 Å². The van der Waals surface area contributed by atoms with E-state index in [1.54, 1.807) is 6.08 Å². The van der Waals surface area contributed by atoms with E-state index in [0.29, 0.717) is 23.6 Å². The molecular formula is C27H26N2O2. The Labute approximate surface area is 183 Å². The Balaban J connectivity index is 1.80. The maximum Gasteiger partial charge on any atom is 0.266 e. The molecule has 0 fully saturated rings. The Kier molecular flexibility index (Phi) is 6.89. The first-order valence-electron chi connectivity index (χ1n) is 10.2. The number of carbonyl (C=O) groups is 1. The first-order valence-corrected chi connectivity index (χ1v) is 10.2. The Morgan fingerprint density at radius 3 is 2.45 bits per heavy atom. The zero-order valence-electron chi connectivity index (χ0n) is 18.3. The number of carbonyl (C=O) groups excluding carboxylic acids is 1. The van der Waals surface area contributed by atoms with E-state index in [9.17, 15) is 10.1 Å². The van der Waals surface area contributed by atoms with E-state index in [-0.39, 0.29) is 5.57 Å². The van der Waals surface area contributed by atoms with Crippen molar-refractivity contribution in [1.82, 2.24) is 0 Å². The van der Waals surface area contributed by atoms with Crippen LogP contribution in [-0.2, 0) is 11.4 Å². The van der Waals surface area contributed by atoms with E-state index in [2.05, 4.69) is 31.3 Å². The maximum absolute atomic E-state index is 12.7. The second-order valence-electron chi connectivity index (χ2n) is 7.69. The second-order valence-corrected chi connectivity index (χ2v) is 7.69. The smallest absolute Gasteiger partial charge is 0.266 e. The number of aryl methyl sites for hydroxylation is 4. The summed E-state index contributed by atoms with van der Waals surface area (Å²) in [4.78, 5) is 12.7. The number of anilines is 1. The van der Waals surface area contributed by atoms with E-state index in [0.717, 1.165) is 16.7 Å². The first-order chi connectivity index (χ1) is 14.9. The summed E-state index contributed by atoms with van der Waals surface area (Å²) in [6.07, 6.45) is 1.57. The van der Waals surface area contributed by atoms with Gasteiger partial charge in [0.05, 0.1) is 0 Å². The summed E-state index contributed by atoms with van der Waals surface area (Å²) in [5.74, 6) is 0.174. The molecule has 0 saturated carbocycles. The summed E-state index contributed by atoms with van der Waals surface area (Å²) < 4.78 is 6.01. The van der Waals surface area contributed by atoms with E-state index >= 15 is 0 Å². The molecule has 1 N–H and O–H groups in total. The van der Waals surface area contributed by atoms with Crippen LogP contribution in [0.2, 0.25) is 0 Å². The molecule has 156 valence electrons. The van der Waals surface area contributed by atoms with Crippen LogP contribution >= 0.6 is 0 Å². The van der Waals surface area contributed by atoms with Crippen molar-refractivity contribution in [2.45, 2.75) is 34.3 Å². The summed E-state index contributed by atoms with van der Waals surface area (Å²) in [7, 11) is 0. The van der Waals surface area contributed by atoms with Crippen molar-refractivity contribution < 1.29 is 9.53 Å². The lowest BCUT2D eigenvalue weighted by atomic mass is 10.1. The third-order valence-electron chi connectivity index (χ3n) is 5.19. The van der Waals surface area contributed by atoms with Gasteiger partial charge in [-0.1, -0.05) is 48.5 Å². The average Bonchev–Trinajstić information content (AvgIpc) is 2.76. The molecule has 3 aromatic carbocycles. The molecule has 0 aliphatic carbocycles. The fraction of sp³-hybridized carbons (Fsp3) is 0.185. The number of hydrogen-bond acceptors (Lipinski definition) is 3. The molecular weight excluding hydrogens is 384 g/mol. The SMILES string of the molecule is Cc1ccc(C)c(NC(=O)/C(C#N)=C/c2ccccc2OCc2ccc(C)c(C)c2)c1. The maximum atomic E-state index is 12.7. The molecule has 0 radical (unpaired) electrons. The van der Waals surface area contributed by atoms with Gasteiger partial charge in [0, 0.05) is 11.3 Å². The van der Waals surface area contributed by atoms with E-state index in [1.807, 2.05) is 68.4 Å². The molecule has 0 atom stereocenters. The monoisotopic (exact) mass is 410 g/mol. The number of nitrogens with one attached hydrogen (secondary N) is 1. The Hall–Kier alpha value is -3.84. The van der Waals surface area contributed by atoms with Gasteiger partial charge in [0.2, 0.25) is 0 Å². The van der Waals surface area contributed by atoms with Crippen molar-refractivity contribution in [3.05, 3.63) is 99.6 Å². The van der Waals surface area contributed by atoms with Crippen molar-refractivity contribution in [3.63, 3.8) is 0 Å². The molecule has 4 nitrogen and oxygen atoms in total. The zero-order chi connectivity index (χ0) is 22.4.